The van der Waals surface area contributed by atoms with Crippen LogP contribution in [0.3, 0.4) is 0 Å². The van der Waals surface area contributed by atoms with E-state index in [1.807, 2.05) is 36.4 Å². The van der Waals surface area contributed by atoms with Gasteiger partial charge in [0.2, 0.25) is 0 Å². The molecule has 0 bridgehead atoms. The standard InChI is InChI=1S/C17H18O4S2/c1-23(19,20)21-17(10-5-11-22-17)12-16(18)15-9-4-7-13-6-2-3-8-14(13)15/h2-4,6-9H,5,10-12H2,1H3. The van der Waals surface area contributed by atoms with Gasteiger partial charge < -0.3 is 0 Å². The van der Waals surface area contributed by atoms with Crippen molar-refractivity contribution in [3.63, 3.8) is 0 Å². The molecule has 1 aliphatic rings. The average molecular weight is 350 g/mol. The van der Waals surface area contributed by atoms with Gasteiger partial charge in [-0.15, -0.1) is 11.8 Å². The van der Waals surface area contributed by atoms with Crippen LogP contribution in [-0.2, 0) is 14.3 Å². The summed E-state index contributed by atoms with van der Waals surface area (Å²) in [6.45, 7) is 0. The molecule has 0 aliphatic carbocycles. The first-order valence-electron chi connectivity index (χ1n) is 7.44. The topological polar surface area (TPSA) is 60.4 Å². The molecule has 6 heteroatoms. The molecule has 3 rings (SSSR count). The molecule has 1 heterocycles. The van der Waals surface area contributed by atoms with Crippen LogP contribution in [0.1, 0.15) is 29.6 Å². The number of carbonyl (C=O) groups is 1. The van der Waals surface area contributed by atoms with Crippen LogP contribution in [0.4, 0.5) is 0 Å². The first-order chi connectivity index (χ1) is 10.9. The molecule has 0 aromatic heterocycles. The van der Waals surface area contributed by atoms with Crippen LogP contribution in [0.25, 0.3) is 10.8 Å². The fourth-order valence-electron chi connectivity index (χ4n) is 2.99. The zero-order valence-electron chi connectivity index (χ0n) is 12.8. The van der Waals surface area contributed by atoms with Crippen LogP contribution in [0.5, 0.6) is 0 Å². The van der Waals surface area contributed by atoms with E-state index in [0.717, 1.165) is 29.2 Å². The van der Waals surface area contributed by atoms with Gasteiger partial charge in [-0.3, -0.25) is 8.98 Å². The average Bonchev–Trinajstić information content (AvgIpc) is 2.92. The second-order valence-electron chi connectivity index (χ2n) is 5.78. The van der Waals surface area contributed by atoms with Gasteiger partial charge in [-0.05, 0) is 29.4 Å². The number of ketones is 1. The summed E-state index contributed by atoms with van der Waals surface area (Å²) in [6, 6.07) is 13.3. The lowest BCUT2D eigenvalue weighted by atomic mass is 9.97. The number of fused-ring (bicyclic) bond motifs is 1. The van der Waals surface area contributed by atoms with Gasteiger partial charge >= 0.3 is 0 Å². The number of hydrogen-bond acceptors (Lipinski definition) is 5. The van der Waals surface area contributed by atoms with Gasteiger partial charge in [-0.1, -0.05) is 42.5 Å². The Balaban J connectivity index is 1.93. The summed E-state index contributed by atoms with van der Waals surface area (Å²) in [4.78, 5) is 11.9. The molecule has 0 spiro atoms. The van der Waals surface area contributed by atoms with Crippen LogP contribution in [0, 0.1) is 0 Å². The minimum absolute atomic E-state index is 0.0682. The molecular weight excluding hydrogens is 332 g/mol. The number of benzene rings is 2. The van der Waals surface area contributed by atoms with Crippen molar-refractivity contribution in [2.45, 2.75) is 24.2 Å². The normalized spacial score (nSPS) is 21.6. The smallest absolute Gasteiger partial charge is 0.265 e. The van der Waals surface area contributed by atoms with Crippen LogP contribution in [0.15, 0.2) is 42.5 Å². The molecule has 122 valence electrons. The molecule has 4 nitrogen and oxygen atoms in total. The zero-order chi connectivity index (χ0) is 16.5. The van der Waals surface area contributed by atoms with Gasteiger partial charge in [0, 0.05) is 5.56 Å². The number of thioether (sulfide) groups is 1. The molecule has 1 unspecified atom stereocenters. The molecule has 0 amide bonds. The first kappa shape index (κ1) is 16.5. The van der Waals surface area contributed by atoms with Crippen LogP contribution >= 0.6 is 11.8 Å². The zero-order valence-corrected chi connectivity index (χ0v) is 14.5. The lowest BCUT2D eigenvalue weighted by Crippen LogP contribution is -2.31. The second-order valence-corrected chi connectivity index (χ2v) is 8.79. The molecule has 0 saturated carbocycles. The molecule has 1 aliphatic heterocycles. The number of hydrogen-bond donors (Lipinski definition) is 0. The third-order valence-corrected chi connectivity index (χ3v) is 6.07. The Kier molecular flexibility index (Phi) is 4.49. The molecule has 1 saturated heterocycles. The van der Waals surface area contributed by atoms with E-state index in [2.05, 4.69) is 0 Å². The Labute approximate surface area is 140 Å². The van der Waals surface area contributed by atoms with E-state index in [0.29, 0.717) is 12.0 Å². The molecule has 0 N–H and O–H groups in total. The van der Waals surface area contributed by atoms with Gasteiger partial charge in [0.15, 0.2) is 5.78 Å². The first-order valence-corrected chi connectivity index (χ1v) is 10.2. The van der Waals surface area contributed by atoms with Crippen LogP contribution in [-0.4, -0.2) is 31.1 Å². The monoisotopic (exact) mass is 350 g/mol. The fourth-order valence-corrected chi connectivity index (χ4v) is 5.43. The van der Waals surface area contributed by atoms with E-state index >= 15 is 0 Å². The molecule has 2 aromatic carbocycles. The van der Waals surface area contributed by atoms with Crippen molar-refractivity contribution in [2.75, 3.05) is 12.0 Å². The van der Waals surface area contributed by atoms with Crippen molar-refractivity contribution >= 4 is 38.4 Å². The van der Waals surface area contributed by atoms with Crippen molar-refractivity contribution in [1.82, 2.24) is 0 Å². The predicted octanol–water partition coefficient (Wildman–Crippen LogP) is 3.61. The van der Waals surface area contributed by atoms with E-state index in [9.17, 15) is 13.2 Å². The molecular formula is C17H18O4S2. The van der Waals surface area contributed by atoms with Crippen LogP contribution < -0.4 is 0 Å². The largest absolute Gasteiger partial charge is 0.294 e. The van der Waals surface area contributed by atoms with Crippen molar-refractivity contribution in [2.24, 2.45) is 0 Å². The van der Waals surface area contributed by atoms with Gasteiger partial charge in [0.1, 0.15) is 4.93 Å². The Hall–Kier alpha value is -1.37. The minimum atomic E-state index is -3.61. The van der Waals surface area contributed by atoms with E-state index in [1.54, 1.807) is 6.07 Å². The molecule has 23 heavy (non-hydrogen) atoms. The summed E-state index contributed by atoms with van der Waals surface area (Å²) in [5.41, 5.74) is 0.618. The predicted molar refractivity (Wildman–Crippen MR) is 93.2 cm³/mol. The van der Waals surface area contributed by atoms with Crippen molar-refractivity contribution in [3.8, 4) is 0 Å². The molecule has 0 radical (unpaired) electrons. The minimum Gasteiger partial charge on any atom is -0.294 e. The van der Waals surface area contributed by atoms with E-state index in [1.165, 1.54) is 11.8 Å². The number of rotatable bonds is 5. The van der Waals surface area contributed by atoms with Gasteiger partial charge in [0.25, 0.3) is 10.1 Å². The molecule has 1 fully saturated rings. The third-order valence-electron chi connectivity index (χ3n) is 3.89. The fraction of sp³-hybridized carbons (Fsp3) is 0.353. The maximum atomic E-state index is 12.8. The Morgan fingerprint density at radius 3 is 2.65 bits per heavy atom. The Morgan fingerprint density at radius 1 is 1.22 bits per heavy atom. The van der Waals surface area contributed by atoms with Gasteiger partial charge in [-0.2, -0.15) is 8.42 Å². The molecule has 1 atom stereocenters. The highest BCUT2D eigenvalue weighted by Crippen LogP contribution is 2.44. The Bertz CT molecular complexity index is 831. The second kappa shape index (κ2) is 6.26. The number of carbonyl (C=O) groups excluding carboxylic acids is 1. The maximum Gasteiger partial charge on any atom is 0.265 e. The SMILES string of the molecule is CS(=O)(=O)OC1(CC(=O)c2cccc3ccccc23)CCCS1. The summed E-state index contributed by atoms with van der Waals surface area (Å²) in [5, 5.41) is 1.88. The highest BCUT2D eigenvalue weighted by Gasteiger charge is 2.41. The summed E-state index contributed by atoms with van der Waals surface area (Å²) in [7, 11) is -3.61. The quantitative estimate of drug-likeness (QED) is 0.609. The maximum absolute atomic E-state index is 12.8. The lowest BCUT2D eigenvalue weighted by molar-refractivity contribution is 0.0876. The Morgan fingerprint density at radius 2 is 1.96 bits per heavy atom. The van der Waals surface area contributed by atoms with Crippen molar-refractivity contribution < 1.29 is 17.4 Å². The summed E-state index contributed by atoms with van der Waals surface area (Å²) < 4.78 is 28.5. The van der Waals surface area contributed by atoms with E-state index < -0.39 is 15.1 Å². The summed E-state index contributed by atoms with van der Waals surface area (Å²) in [5.74, 6) is 0.720. The van der Waals surface area contributed by atoms with Gasteiger partial charge in [-0.25, -0.2) is 0 Å². The van der Waals surface area contributed by atoms with Gasteiger partial charge in [0.05, 0.1) is 12.7 Å². The van der Waals surface area contributed by atoms with E-state index in [4.69, 9.17) is 4.18 Å². The highest BCUT2D eigenvalue weighted by atomic mass is 32.2. The lowest BCUT2D eigenvalue weighted by Gasteiger charge is -2.26. The van der Waals surface area contributed by atoms with Crippen molar-refractivity contribution in [3.05, 3.63) is 48.0 Å². The third kappa shape index (κ3) is 3.76. The summed E-state index contributed by atoms with van der Waals surface area (Å²) >= 11 is 1.42. The van der Waals surface area contributed by atoms with Crippen molar-refractivity contribution in [1.29, 1.82) is 0 Å². The van der Waals surface area contributed by atoms with E-state index in [-0.39, 0.29) is 12.2 Å². The van der Waals surface area contributed by atoms with Crippen LogP contribution in [0.2, 0.25) is 0 Å². The highest BCUT2D eigenvalue weighted by molar-refractivity contribution is 8.01. The number of Topliss-reactive ketones (excluding diaryl/α,β-unsaturated/α-hetero) is 1. The summed E-state index contributed by atoms with van der Waals surface area (Å²) in [6.07, 6.45) is 2.53. The molecule has 2 aromatic rings.